The number of rotatable bonds is 6. The molecule has 0 aliphatic rings. The van der Waals surface area contributed by atoms with Crippen molar-refractivity contribution in [2.75, 3.05) is 17.8 Å². The van der Waals surface area contributed by atoms with E-state index in [4.69, 9.17) is 0 Å². The van der Waals surface area contributed by atoms with Crippen molar-refractivity contribution in [2.45, 2.75) is 18.1 Å². The summed E-state index contributed by atoms with van der Waals surface area (Å²) in [5, 5.41) is 0. The van der Waals surface area contributed by atoms with Gasteiger partial charge >= 0.3 is 0 Å². The number of hydrogen-bond donors (Lipinski definition) is 1. The van der Waals surface area contributed by atoms with E-state index >= 15 is 0 Å². The van der Waals surface area contributed by atoms with Gasteiger partial charge in [-0.15, -0.1) is 11.3 Å². The molecule has 0 radical (unpaired) electrons. The molecule has 0 bridgehead atoms. The Bertz CT molecular complexity index is 781. The summed E-state index contributed by atoms with van der Waals surface area (Å²) in [7, 11) is -3.61. The van der Waals surface area contributed by atoms with Crippen molar-refractivity contribution >= 4 is 48.9 Å². The molecule has 124 valence electrons. The Kier molecular flexibility index (Phi) is 5.83. The van der Waals surface area contributed by atoms with Crippen LogP contribution in [-0.2, 0) is 10.0 Å². The molecule has 0 spiro atoms. The van der Waals surface area contributed by atoms with Crippen molar-refractivity contribution in [3.05, 3.63) is 45.7 Å². The second kappa shape index (κ2) is 7.46. The van der Waals surface area contributed by atoms with Gasteiger partial charge in [0.15, 0.2) is 0 Å². The van der Waals surface area contributed by atoms with Crippen LogP contribution in [0, 0.1) is 0 Å². The SMILES string of the molecule is CCN(CC)C(=O)c1ccc(NS(=O)(=O)c2ccc(Br)s2)cc1. The molecule has 0 atom stereocenters. The van der Waals surface area contributed by atoms with E-state index in [1.54, 1.807) is 35.2 Å². The molecule has 5 nitrogen and oxygen atoms in total. The fourth-order valence-corrected chi connectivity index (χ4v) is 5.09. The summed E-state index contributed by atoms with van der Waals surface area (Å²) in [6.45, 7) is 5.11. The Morgan fingerprint density at radius 1 is 1.13 bits per heavy atom. The van der Waals surface area contributed by atoms with E-state index in [1.807, 2.05) is 13.8 Å². The van der Waals surface area contributed by atoms with Crippen LogP contribution in [0.2, 0.25) is 0 Å². The maximum atomic E-state index is 12.2. The van der Waals surface area contributed by atoms with Gasteiger partial charge in [-0.1, -0.05) is 0 Å². The Morgan fingerprint density at radius 3 is 2.22 bits per heavy atom. The van der Waals surface area contributed by atoms with E-state index in [9.17, 15) is 13.2 Å². The van der Waals surface area contributed by atoms with Gasteiger partial charge < -0.3 is 4.90 Å². The highest BCUT2D eigenvalue weighted by Crippen LogP contribution is 2.27. The number of nitrogens with zero attached hydrogens (tertiary/aromatic N) is 1. The lowest BCUT2D eigenvalue weighted by Gasteiger charge is -2.18. The minimum Gasteiger partial charge on any atom is -0.339 e. The van der Waals surface area contributed by atoms with Crippen LogP contribution in [-0.4, -0.2) is 32.3 Å². The van der Waals surface area contributed by atoms with E-state index in [-0.39, 0.29) is 10.1 Å². The molecule has 0 saturated carbocycles. The molecule has 2 rings (SSSR count). The Labute approximate surface area is 148 Å². The van der Waals surface area contributed by atoms with Gasteiger partial charge in [-0.25, -0.2) is 8.42 Å². The van der Waals surface area contributed by atoms with E-state index in [0.717, 1.165) is 15.1 Å². The first-order valence-electron chi connectivity index (χ1n) is 7.05. The monoisotopic (exact) mass is 416 g/mol. The number of amides is 1. The number of carbonyl (C=O) groups is 1. The number of carbonyl (C=O) groups excluding carboxylic acids is 1. The van der Waals surface area contributed by atoms with Crippen molar-refractivity contribution in [3.8, 4) is 0 Å². The zero-order chi connectivity index (χ0) is 17.0. The number of thiophene rings is 1. The average Bonchev–Trinajstić information content (AvgIpc) is 2.96. The standard InChI is InChI=1S/C15H17BrN2O3S2/c1-3-18(4-2)15(19)11-5-7-12(8-6-11)17-23(20,21)14-10-9-13(16)22-14/h5-10,17H,3-4H2,1-2H3. The van der Waals surface area contributed by atoms with Gasteiger partial charge in [0.1, 0.15) is 4.21 Å². The summed E-state index contributed by atoms with van der Waals surface area (Å²) in [4.78, 5) is 13.9. The van der Waals surface area contributed by atoms with Gasteiger partial charge in [0.05, 0.1) is 3.79 Å². The molecule has 2 aromatic rings. The topological polar surface area (TPSA) is 66.5 Å². The number of nitrogens with one attached hydrogen (secondary N) is 1. The van der Waals surface area contributed by atoms with Crippen LogP contribution < -0.4 is 4.72 Å². The van der Waals surface area contributed by atoms with E-state index < -0.39 is 10.0 Å². The Hall–Kier alpha value is -1.38. The van der Waals surface area contributed by atoms with Gasteiger partial charge in [-0.3, -0.25) is 9.52 Å². The predicted molar refractivity (Wildman–Crippen MR) is 96.5 cm³/mol. The Morgan fingerprint density at radius 2 is 1.74 bits per heavy atom. The van der Waals surface area contributed by atoms with Gasteiger partial charge in [0.2, 0.25) is 0 Å². The van der Waals surface area contributed by atoms with Crippen molar-refractivity contribution < 1.29 is 13.2 Å². The fraction of sp³-hybridized carbons (Fsp3) is 0.267. The maximum Gasteiger partial charge on any atom is 0.271 e. The first-order chi connectivity index (χ1) is 10.9. The average molecular weight is 417 g/mol. The van der Waals surface area contributed by atoms with Crippen LogP contribution in [0.15, 0.2) is 44.4 Å². The lowest BCUT2D eigenvalue weighted by molar-refractivity contribution is 0.0773. The molecule has 1 N–H and O–H groups in total. The molecule has 23 heavy (non-hydrogen) atoms. The molecule has 1 amide bonds. The highest BCUT2D eigenvalue weighted by atomic mass is 79.9. The molecule has 1 aromatic carbocycles. The lowest BCUT2D eigenvalue weighted by Crippen LogP contribution is -2.30. The highest BCUT2D eigenvalue weighted by Gasteiger charge is 2.17. The fourth-order valence-electron chi connectivity index (χ4n) is 2.02. The third kappa shape index (κ3) is 4.33. The van der Waals surface area contributed by atoms with Crippen LogP contribution >= 0.6 is 27.3 Å². The molecule has 0 unspecified atom stereocenters. The first-order valence-corrected chi connectivity index (χ1v) is 10.1. The molecule has 0 aliphatic carbocycles. The normalized spacial score (nSPS) is 11.3. The van der Waals surface area contributed by atoms with Gasteiger partial charge in [0, 0.05) is 24.3 Å². The van der Waals surface area contributed by atoms with Crippen molar-refractivity contribution in [2.24, 2.45) is 0 Å². The van der Waals surface area contributed by atoms with Gasteiger partial charge in [0.25, 0.3) is 15.9 Å². The van der Waals surface area contributed by atoms with Crippen LogP contribution in [0.4, 0.5) is 5.69 Å². The van der Waals surface area contributed by atoms with Crippen molar-refractivity contribution in [1.29, 1.82) is 0 Å². The number of anilines is 1. The van der Waals surface area contributed by atoms with Crippen LogP contribution in [0.25, 0.3) is 0 Å². The van der Waals surface area contributed by atoms with Crippen molar-refractivity contribution in [1.82, 2.24) is 4.90 Å². The molecule has 0 fully saturated rings. The van der Waals surface area contributed by atoms with Crippen LogP contribution in [0.1, 0.15) is 24.2 Å². The van der Waals surface area contributed by atoms with Gasteiger partial charge in [-0.05, 0) is 66.2 Å². The van der Waals surface area contributed by atoms with Crippen LogP contribution in [0.5, 0.6) is 0 Å². The lowest BCUT2D eigenvalue weighted by atomic mass is 10.2. The smallest absolute Gasteiger partial charge is 0.271 e. The largest absolute Gasteiger partial charge is 0.339 e. The minimum absolute atomic E-state index is 0.0633. The summed E-state index contributed by atoms with van der Waals surface area (Å²) >= 11 is 4.38. The molecule has 8 heteroatoms. The van der Waals surface area contributed by atoms with Gasteiger partial charge in [-0.2, -0.15) is 0 Å². The maximum absolute atomic E-state index is 12.2. The molecule has 0 saturated heterocycles. The van der Waals surface area contributed by atoms with E-state index in [1.165, 1.54) is 6.07 Å². The third-order valence-electron chi connectivity index (χ3n) is 3.25. The number of benzene rings is 1. The zero-order valence-electron chi connectivity index (χ0n) is 12.7. The number of sulfonamides is 1. The number of halogens is 1. The summed E-state index contributed by atoms with van der Waals surface area (Å²) < 4.78 is 28.0. The third-order valence-corrected chi connectivity index (χ3v) is 6.74. The number of hydrogen-bond acceptors (Lipinski definition) is 4. The first kappa shape index (κ1) is 18.0. The molecule has 0 aliphatic heterocycles. The second-order valence-corrected chi connectivity index (χ2v) is 9.09. The summed E-state index contributed by atoms with van der Waals surface area (Å²) in [6, 6.07) is 9.67. The second-order valence-electron chi connectivity index (χ2n) is 4.72. The molecule has 1 heterocycles. The van der Waals surface area contributed by atoms with Crippen LogP contribution in [0.3, 0.4) is 0 Å². The zero-order valence-corrected chi connectivity index (χ0v) is 16.0. The summed E-state index contributed by atoms with van der Waals surface area (Å²) in [6.07, 6.45) is 0. The Balaban J connectivity index is 2.16. The van der Waals surface area contributed by atoms with E-state index in [0.29, 0.717) is 24.3 Å². The molecular formula is C15H17BrN2O3S2. The summed E-state index contributed by atoms with van der Waals surface area (Å²) in [5.74, 6) is -0.0633. The van der Waals surface area contributed by atoms with Crippen molar-refractivity contribution in [3.63, 3.8) is 0 Å². The highest BCUT2D eigenvalue weighted by molar-refractivity contribution is 9.11. The summed E-state index contributed by atoms with van der Waals surface area (Å²) in [5.41, 5.74) is 0.959. The quantitative estimate of drug-likeness (QED) is 0.778. The molecular weight excluding hydrogens is 400 g/mol. The minimum atomic E-state index is -3.61. The predicted octanol–water partition coefficient (Wildman–Crippen LogP) is 3.79. The van der Waals surface area contributed by atoms with E-state index in [2.05, 4.69) is 20.7 Å². The molecule has 1 aromatic heterocycles.